The topological polar surface area (TPSA) is 23.6 Å². The van der Waals surface area contributed by atoms with Crippen LogP contribution in [-0.2, 0) is 11.3 Å². The molecule has 2 aromatic carbocycles. The first-order valence-corrected chi connectivity index (χ1v) is 8.49. The van der Waals surface area contributed by atoms with E-state index in [1.807, 2.05) is 6.92 Å². The van der Waals surface area contributed by atoms with Crippen molar-refractivity contribution in [2.75, 3.05) is 20.1 Å². The first-order valence-electron chi connectivity index (χ1n) is 8.49. The second kappa shape index (κ2) is 8.85. The van der Waals surface area contributed by atoms with Crippen molar-refractivity contribution >= 4 is 5.91 Å². The van der Waals surface area contributed by atoms with Crippen LogP contribution in [-0.4, -0.2) is 35.8 Å². The molecule has 0 spiro atoms. The predicted molar refractivity (Wildman–Crippen MR) is 94.9 cm³/mol. The fraction of sp³-hybridized carbons (Fsp3) is 0.350. The van der Waals surface area contributed by atoms with Gasteiger partial charge in [0.05, 0.1) is 6.54 Å². The molecule has 2 aromatic rings. The van der Waals surface area contributed by atoms with Gasteiger partial charge in [0.1, 0.15) is 17.5 Å². The van der Waals surface area contributed by atoms with E-state index in [9.17, 15) is 18.0 Å². The average molecular weight is 364 g/mol. The van der Waals surface area contributed by atoms with E-state index in [0.29, 0.717) is 18.7 Å². The number of benzene rings is 2. The van der Waals surface area contributed by atoms with Crippen molar-refractivity contribution in [2.24, 2.45) is 0 Å². The van der Waals surface area contributed by atoms with Crippen molar-refractivity contribution in [1.82, 2.24) is 9.80 Å². The third kappa shape index (κ3) is 5.08. The molecule has 0 saturated heterocycles. The Morgan fingerprint density at radius 3 is 2.42 bits per heavy atom. The molecule has 0 radical (unpaired) electrons. The van der Waals surface area contributed by atoms with Crippen LogP contribution in [0.25, 0.3) is 0 Å². The minimum Gasteiger partial charge on any atom is -0.338 e. The van der Waals surface area contributed by atoms with Gasteiger partial charge in [-0.15, -0.1) is 0 Å². The number of carbonyl (C=O) groups excluding carboxylic acids is 1. The van der Waals surface area contributed by atoms with E-state index in [1.54, 1.807) is 35.9 Å². The molecular weight excluding hydrogens is 341 g/mol. The number of nitrogens with zero attached hydrogens (tertiary/aromatic N) is 2. The van der Waals surface area contributed by atoms with E-state index in [2.05, 4.69) is 0 Å². The summed E-state index contributed by atoms with van der Waals surface area (Å²) in [5.41, 5.74) is 0.903. The van der Waals surface area contributed by atoms with Gasteiger partial charge in [-0.25, -0.2) is 13.2 Å². The predicted octanol–water partition coefficient (Wildman–Crippen LogP) is 4.15. The minimum atomic E-state index is -0.519. The molecule has 0 saturated carbocycles. The molecule has 6 heteroatoms. The van der Waals surface area contributed by atoms with Crippen molar-refractivity contribution in [2.45, 2.75) is 26.4 Å². The Hall–Kier alpha value is -2.34. The fourth-order valence-electron chi connectivity index (χ4n) is 2.75. The van der Waals surface area contributed by atoms with Crippen LogP contribution in [0.15, 0.2) is 42.5 Å². The highest BCUT2D eigenvalue weighted by Gasteiger charge is 2.21. The normalized spacial score (nSPS) is 12.3. The number of rotatable bonds is 7. The zero-order chi connectivity index (χ0) is 19.3. The number of carbonyl (C=O) groups is 1. The third-order valence-corrected chi connectivity index (χ3v) is 4.45. The van der Waals surface area contributed by atoms with Gasteiger partial charge >= 0.3 is 0 Å². The highest BCUT2D eigenvalue weighted by Crippen LogP contribution is 2.23. The second-order valence-corrected chi connectivity index (χ2v) is 6.29. The molecule has 140 valence electrons. The number of hydrogen-bond acceptors (Lipinski definition) is 2. The molecule has 0 N–H and O–H groups in total. The molecule has 26 heavy (non-hydrogen) atoms. The van der Waals surface area contributed by atoms with Crippen molar-refractivity contribution in [1.29, 1.82) is 0 Å². The third-order valence-electron chi connectivity index (χ3n) is 4.45. The lowest BCUT2D eigenvalue weighted by Crippen LogP contribution is -2.39. The van der Waals surface area contributed by atoms with Crippen molar-refractivity contribution in [3.8, 4) is 0 Å². The van der Waals surface area contributed by atoms with Gasteiger partial charge in [-0.2, -0.15) is 0 Å². The van der Waals surface area contributed by atoms with E-state index in [-0.39, 0.29) is 23.8 Å². The van der Waals surface area contributed by atoms with Crippen LogP contribution >= 0.6 is 0 Å². The first kappa shape index (κ1) is 20.0. The van der Waals surface area contributed by atoms with E-state index in [0.717, 1.165) is 18.2 Å². The molecule has 1 amide bonds. The molecule has 0 aliphatic rings. The van der Waals surface area contributed by atoms with Gasteiger partial charge in [0.15, 0.2) is 0 Å². The van der Waals surface area contributed by atoms with Crippen LogP contribution < -0.4 is 0 Å². The standard InChI is InChI=1S/C20H23F3N2O/c1-4-25(12-15-6-5-7-16(21)10-15)20(26)13-24(3)14(2)18-11-17(22)8-9-19(18)23/h5-11,14H,4,12-13H2,1-3H3. The molecule has 0 aromatic heterocycles. The average Bonchev–Trinajstić information content (AvgIpc) is 2.61. The van der Waals surface area contributed by atoms with Gasteiger partial charge in [0.25, 0.3) is 0 Å². The molecule has 2 rings (SSSR count). The quantitative estimate of drug-likeness (QED) is 0.737. The Kier molecular flexibility index (Phi) is 6.80. The molecule has 0 aliphatic carbocycles. The molecule has 3 nitrogen and oxygen atoms in total. The van der Waals surface area contributed by atoms with Gasteiger partial charge in [-0.05, 0) is 56.8 Å². The van der Waals surface area contributed by atoms with Crippen molar-refractivity contribution in [3.05, 3.63) is 71.0 Å². The Balaban J connectivity index is 2.05. The molecular formula is C20H23F3N2O. The molecule has 0 fully saturated rings. The lowest BCUT2D eigenvalue weighted by atomic mass is 10.1. The van der Waals surface area contributed by atoms with Gasteiger partial charge < -0.3 is 4.90 Å². The molecule has 0 bridgehead atoms. The van der Waals surface area contributed by atoms with Crippen LogP contribution in [0.3, 0.4) is 0 Å². The number of likely N-dealkylation sites (N-methyl/N-ethyl adjacent to an activating group) is 2. The Morgan fingerprint density at radius 1 is 1.08 bits per heavy atom. The Labute approximate surface area is 152 Å². The summed E-state index contributed by atoms with van der Waals surface area (Å²) in [6, 6.07) is 8.92. The lowest BCUT2D eigenvalue weighted by Gasteiger charge is -2.28. The summed E-state index contributed by atoms with van der Waals surface area (Å²) in [6.07, 6.45) is 0. The smallest absolute Gasteiger partial charge is 0.237 e. The van der Waals surface area contributed by atoms with Crippen LogP contribution in [0.1, 0.15) is 31.0 Å². The maximum atomic E-state index is 13.9. The summed E-state index contributed by atoms with van der Waals surface area (Å²) in [6.45, 7) is 4.36. The van der Waals surface area contributed by atoms with Crippen LogP contribution in [0.2, 0.25) is 0 Å². The SMILES string of the molecule is CCN(Cc1cccc(F)c1)C(=O)CN(C)C(C)c1cc(F)ccc1F. The first-order chi connectivity index (χ1) is 12.3. The Morgan fingerprint density at radius 2 is 1.77 bits per heavy atom. The largest absolute Gasteiger partial charge is 0.338 e. The number of halogens is 3. The fourth-order valence-corrected chi connectivity index (χ4v) is 2.75. The molecule has 0 heterocycles. The number of amides is 1. The maximum absolute atomic E-state index is 13.9. The zero-order valence-electron chi connectivity index (χ0n) is 15.2. The summed E-state index contributed by atoms with van der Waals surface area (Å²) >= 11 is 0. The van der Waals surface area contributed by atoms with E-state index < -0.39 is 17.7 Å². The van der Waals surface area contributed by atoms with E-state index in [1.165, 1.54) is 12.1 Å². The van der Waals surface area contributed by atoms with E-state index >= 15 is 0 Å². The molecule has 0 aliphatic heterocycles. The van der Waals surface area contributed by atoms with Gasteiger partial charge in [-0.1, -0.05) is 12.1 Å². The minimum absolute atomic E-state index is 0.0419. The summed E-state index contributed by atoms with van der Waals surface area (Å²) in [7, 11) is 1.68. The zero-order valence-corrected chi connectivity index (χ0v) is 15.2. The monoisotopic (exact) mass is 364 g/mol. The van der Waals surface area contributed by atoms with Crippen LogP contribution in [0.5, 0.6) is 0 Å². The lowest BCUT2D eigenvalue weighted by molar-refractivity contribution is -0.133. The molecule has 1 atom stereocenters. The summed E-state index contributed by atoms with van der Waals surface area (Å²) in [4.78, 5) is 15.8. The summed E-state index contributed by atoms with van der Waals surface area (Å²) < 4.78 is 40.7. The van der Waals surface area contributed by atoms with Crippen molar-refractivity contribution < 1.29 is 18.0 Å². The van der Waals surface area contributed by atoms with Gasteiger partial charge in [0, 0.05) is 24.7 Å². The highest BCUT2D eigenvalue weighted by atomic mass is 19.1. The highest BCUT2D eigenvalue weighted by molar-refractivity contribution is 5.78. The maximum Gasteiger partial charge on any atom is 0.237 e. The summed E-state index contributed by atoms with van der Waals surface area (Å²) in [5, 5.41) is 0. The Bertz CT molecular complexity index is 766. The van der Waals surface area contributed by atoms with E-state index in [4.69, 9.17) is 0 Å². The van der Waals surface area contributed by atoms with Crippen molar-refractivity contribution in [3.63, 3.8) is 0 Å². The van der Waals surface area contributed by atoms with Gasteiger partial charge in [0.2, 0.25) is 5.91 Å². The van der Waals surface area contributed by atoms with Crippen LogP contribution in [0, 0.1) is 17.5 Å². The summed E-state index contributed by atoms with van der Waals surface area (Å²) in [5.74, 6) is -1.54. The van der Waals surface area contributed by atoms with Gasteiger partial charge in [-0.3, -0.25) is 9.69 Å². The number of hydrogen-bond donors (Lipinski definition) is 0. The second-order valence-electron chi connectivity index (χ2n) is 6.29. The van der Waals surface area contributed by atoms with Crippen LogP contribution in [0.4, 0.5) is 13.2 Å². The molecule has 1 unspecified atom stereocenters.